The molecule has 0 aliphatic rings. The van der Waals surface area contributed by atoms with Crippen LogP contribution < -0.4 is 0 Å². The summed E-state index contributed by atoms with van der Waals surface area (Å²) < 4.78 is 0. The van der Waals surface area contributed by atoms with Crippen LogP contribution in [0.2, 0.25) is 5.15 Å². The highest BCUT2D eigenvalue weighted by molar-refractivity contribution is 6.29. The van der Waals surface area contributed by atoms with Crippen molar-refractivity contribution in [2.75, 3.05) is 13.6 Å². The number of carboxylic acids is 1. The fourth-order valence-corrected chi connectivity index (χ4v) is 1.50. The molecule has 0 aromatic carbocycles. The van der Waals surface area contributed by atoms with E-state index in [0.29, 0.717) is 11.3 Å². The number of hydrogen-bond acceptors (Lipinski definition) is 3. The van der Waals surface area contributed by atoms with Crippen molar-refractivity contribution in [1.82, 2.24) is 9.88 Å². The van der Waals surface area contributed by atoms with E-state index < -0.39 is 11.9 Å². The molecule has 1 amide bonds. The van der Waals surface area contributed by atoms with Crippen molar-refractivity contribution >= 4 is 23.5 Å². The molecule has 0 fully saturated rings. The first-order chi connectivity index (χ1) is 7.40. The van der Waals surface area contributed by atoms with E-state index in [1.807, 2.05) is 0 Å². The maximum atomic E-state index is 11.8. The lowest BCUT2D eigenvalue weighted by atomic mass is 10.2. The standard InChI is InChI=1S/C10H11ClN2O3/c1-6-3-7(4-8(11)12-6)10(16)13(2)5-9(14)15/h3-4H,5H2,1-2H3,(H,14,15). The van der Waals surface area contributed by atoms with Crippen LogP contribution in [0.25, 0.3) is 0 Å². The lowest BCUT2D eigenvalue weighted by Gasteiger charge is -2.14. The maximum absolute atomic E-state index is 11.8. The lowest BCUT2D eigenvalue weighted by Crippen LogP contribution is -2.32. The first-order valence-electron chi connectivity index (χ1n) is 4.51. The number of carboxylic acid groups (broad SMARTS) is 1. The summed E-state index contributed by atoms with van der Waals surface area (Å²) in [6, 6.07) is 2.97. The van der Waals surface area contributed by atoms with Crippen molar-refractivity contribution in [3.05, 3.63) is 28.5 Å². The molecule has 1 N–H and O–H groups in total. The van der Waals surface area contributed by atoms with E-state index >= 15 is 0 Å². The second-order valence-electron chi connectivity index (χ2n) is 3.37. The fraction of sp³-hybridized carbons (Fsp3) is 0.300. The predicted octanol–water partition coefficient (Wildman–Crippen LogP) is 1.20. The molecule has 1 aromatic rings. The van der Waals surface area contributed by atoms with Crippen molar-refractivity contribution in [3.8, 4) is 0 Å². The van der Waals surface area contributed by atoms with Gasteiger partial charge in [-0.1, -0.05) is 11.6 Å². The number of likely N-dealkylation sites (N-methyl/N-ethyl adjacent to an activating group) is 1. The average molecular weight is 243 g/mol. The number of aryl methyl sites for hydroxylation is 1. The summed E-state index contributed by atoms with van der Waals surface area (Å²) in [6.07, 6.45) is 0. The van der Waals surface area contributed by atoms with Crippen molar-refractivity contribution in [3.63, 3.8) is 0 Å². The van der Waals surface area contributed by atoms with Crippen molar-refractivity contribution in [1.29, 1.82) is 0 Å². The van der Waals surface area contributed by atoms with E-state index in [9.17, 15) is 9.59 Å². The zero-order valence-corrected chi connectivity index (χ0v) is 9.65. The van der Waals surface area contributed by atoms with Gasteiger partial charge in [0.2, 0.25) is 0 Å². The summed E-state index contributed by atoms with van der Waals surface area (Å²) in [5.41, 5.74) is 0.945. The topological polar surface area (TPSA) is 70.5 Å². The SMILES string of the molecule is Cc1cc(C(=O)N(C)CC(=O)O)cc(Cl)n1. The van der Waals surface area contributed by atoms with E-state index in [-0.39, 0.29) is 11.7 Å². The van der Waals surface area contributed by atoms with Crippen LogP contribution >= 0.6 is 11.6 Å². The summed E-state index contributed by atoms with van der Waals surface area (Å²) in [5.74, 6) is -1.46. The average Bonchev–Trinajstić information content (AvgIpc) is 2.13. The Labute approximate surface area is 97.7 Å². The Hall–Kier alpha value is -1.62. The molecule has 1 aromatic heterocycles. The zero-order valence-electron chi connectivity index (χ0n) is 8.90. The Balaban J connectivity index is 2.91. The van der Waals surface area contributed by atoms with Gasteiger partial charge in [-0.3, -0.25) is 9.59 Å². The van der Waals surface area contributed by atoms with E-state index in [2.05, 4.69) is 4.98 Å². The van der Waals surface area contributed by atoms with Crippen LogP contribution in [0.3, 0.4) is 0 Å². The van der Waals surface area contributed by atoms with Crippen molar-refractivity contribution in [2.45, 2.75) is 6.92 Å². The van der Waals surface area contributed by atoms with Gasteiger partial charge in [-0.2, -0.15) is 0 Å². The number of carbonyl (C=O) groups excluding carboxylic acids is 1. The molecule has 16 heavy (non-hydrogen) atoms. The van der Waals surface area contributed by atoms with E-state index in [4.69, 9.17) is 16.7 Å². The number of pyridine rings is 1. The Morgan fingerprint density at radius 1 is 1.50 bits per heavy atom. The smallest absolute Gasteiger partial charge is 0.323 e. The second kappa shape index (κ2) is 4.94. The Morgan fingerprint density at radius 3 is 2.62 bits per heavy atom. The molecule has 5 nitrogen and oxygen atoms in total. The molecule has 0 spiro atoms. The quantitative estimate of drug-likeness (QED) is 0.809. The van der Waals surface area contributed by atoms with Gasteiger partial charge < -0.3 is 10.0 Å². The zero-order chi connectivity index (χ0) is 12.3. The van der Waals surface area contributed by atoms with Crippen LogP contribution in [0.15, 0.2) is 12.1 Å². The number of rotatable bonds is 3. The summed E-state index contributed by atoms with van der Waals surface area (Å²) in [6.45, 7) is 1.36. The van der Waals surface area contributed by atoms with Gasteiger partial charge in [0, 0.05) is 18.3 Å². The second-order valence-corrected chi connectivity index (χ2v) is 3.76. The third-order valence-electron chi connectivity index (χ3n) is 1.89. The van der Waals surface area contributed by atoms with Crippen LogP contribution in [0.5, 0.6) is 0 Å². The number of nitrogens with zero attached hydrogens (tertiary/aromatic N) is 2. The normalized spacial score (nSPS) is 9.94. The minimum absolute atomic E-state index is 0.215. The number of aliphatic carboxylic acids is 1. The minimum atomic E-state index is -1.06. The molecule has 6 heteroatoms. The molecule has 0 saturated heterocycles. The highest BCUT2D eigenvalue weighted by atomic mass is 35.5. The number of hydrogen-bond donors (Lipinski definition) is 1. The Kier molecular flexibility index (Phi) is 3.84. The summed E-state index contributed by atoms with van der Waals surface area (Å²) in [4.78, 5) is 27.2. The molecule has 0 atom stereocenters. The Morgan fingerprint density at radius 2 is 2.12 bits per heavy atom. The van der Waals surface area contributed by atoms with Crippen molar-refractivity contribution in [2.24, 2.45) is 0 Å². The van der Waals surface area contributed by atoms with Crippen LogP contribution in [-0.4, -0.2) is 40.5 Å². The molecular weight excluding hydrogens is 232 g/mol. The van der Waals surface area contributed by atoms with Gasteiger partial charge in [0.15, 0.2) is 0 Å². The van der Waals surface area contributed by atoms with Crippen LogP contribution in [0, 0.1) is 6.92 Å². The largest absolute Gasteiger partial charge is 0.480 e. The van der Waals surface area contributed by atoms with Gasteiger partial charge >= 0.3 is 5.97 Å². The summed E-state index contributed by atoms with van der Waals surface area (Å²) >= 11 is 5.71. The third kappa shape index (κ3) is 3.20. The number of carbonyl (C=O) groups is 2. The third-order valence-corrected chi connectivity index (χ3v) is 2.08. The van der Waals surface area contributed by atoms with Gasteiger partial charge in [-0.25, -0.2) is 4.98 Å². The molecule has 1 heterocycles. The summed E-state index contributed by atoms with van der Waals surface area (Å²) in [7, 11) is 1.42. The van der Waals surface area contributed by atoms with Crippen LogP contribution in [-0.2, 0) is 4.79 Å². The van der Waals surface area contributed by atoms with Gasteiger partial charge in [0.25, 0.3) is 5.91 Å². The molecule has 0 unspecified atom stereocenters. The van der Waals surface area contributed by atoms with E-state index in [0.717, 1.165) is 4.90 Å². The fourth-order valence-electron chi connectivity index (χ4n) is 1.25. The monoisotopic (exact) mass is 242 g/mol. The molecule has 0 aliphatic carbocycles. The van der Waals surface area contributed by atoms with Gasteiger partial charge in [0.1, 0.15) is 11.7 Å². The molecule has 0 saturated carbocycles. The molecular formula is C10H11ClN2O3. The van der Waals surface area contributed by atoms with Gasteiger partial charge in [0.05, 0.1) is 0 Å². The maximum Gasteiger partial charge on any atom is 0.323 e. The van der Waals surface area contributed by atoms with Gasteiger partial charge in [-0.05, 0) is 19.1 Å². The first kappa shape index (κ1) is 12.4. The summed E-state index contributed by atoms with van der Waals surface area (Å²) in [5, 5.41) is 8.77. The number of aromatic nitrogens is 1. The number of halogens is 1. The van der Waals surface area contributed by atoms with Gasteiger partial charge in [-0.15, -0.1) is 0 Å². The molecule has 0 aliphatic heterocycles. The molecule has 0 bridgehead atoms. The first-order valence-corrected chi connectivity index (χ1v) is 4.89. The highest BCUT2D eigenvalue weighted by Crippen LogP contribution is 2.12. The molecule has 0 radical (unpaired) electrons. The molecule has 1 rings (SSSR count). The minimum Gasteiger partial charge on any atom is -0.480 e. The number of amides is 1. The van der Waals surface area contributed by atoms with Crippen molar-refractivity contribution < 1.29 is 14.7 Å². The Bertz CT molecular complexity index is 414. The van der Waals surface area contributed by atoms with Crippen LogP contribution in [0.4, 0.5) is 0 Å². The molecule has 86 valence electrons. The van der Waals surface area contributed by atoms with Crippen LogP contribution in [0.1, 0.15) is 16.1 Å². The highest BCUT2D eigenvalue weighted by Gasteiger charge is 2.15. The lowest BCUT2D eigenvalue weighted by molar-refractivity contribution is -0.137. The van der Waals surface area contributed by atoms with E-state index in [1.165, 1.54) is 13.1 Å². The van der Waals surface area contributed by atoms with E-state index in [1.54, 1.807) is 13.0 Å². The predicted molar refractivity (Wildman–Crippen MR) is 58.6 cm³/mol.